The molecule has 1 aromatic heterocycles. The number of aromatic hydroxyl groups is 1. The fourth-order valence-corrected chi connectivity index (χ4v) is 3.00. The lowest BCUT2D eigenvalue weighted by Crippen LogP contribution is -2.18. The van der Waals surface area contributed by atoms with Crippen LogP contribution in [0.4, 0.5) is 4.39 Å². The number of hydrogen-bond acceptors (Lipinski definition) is 4. The number of halogens is 1. The fourth-order valence-electron chi connectivity index (χ4n) is 2.05. The summed E-state index contributed by atoms with van der Waals surface area (Å²) in [5.41, 5.74) is 1.76. The molecule has 0 aliphatic heterocycles. The molecule has 19 heavy (non-hydrogen) atoms. The average Bonchev–Trinajstić information content (AvgIpc) is 2.64. The Bertz CT molecular complexity index is 563. The molecule has 1 heterocycles. The van der Waals surface area contributed by atoms with Crippen LogP contribution in [-0.4, -0.2) is 10.1 Å². The topological polar surface area (TPSA) is 45.2 Å². The van der Waals surface area contributed by atoms with E-state index < -0.39 is 5.82 Å². The molecular formula is C14H17FN2OS. The maximum absolute atomic E-state index is 13.1. The Morgan fingerprint density at radius 3 is 2.68 bits per heavy atom. The van der Waals surface area contributed by atoms with Gasteiger partial charge in [0.2, 0.25) is 0 Å². The van der Waals surface area contributed by atoms with Crippen molar-refractivity contribution in [2.75, 3.05) is 0 Å². The van der Waals surface area contributed by atoms with Crippen molar-refractivity contribution in [2.45, 2.75) is 33.4 Å². The molecule has 5 heteroatoms. The molecule has 0 fully saturated rings. The summed E-state index contributed by atoms with van der Waals surface area (Å²) in [6.45, 7) is 6.53. The number of phenolic OH excluding ortho intramolecular Hbond substituents is 1. The first kappa shape index (κ1) is 14.0. The number of benzene rings is 1. The number of hydrogen-bond donors (Lipinski definition) is 2. The van der Waals surface area contributed by atoms with Gasteiger partial charge in [-0.2, -0.15) is 0 Å². The number of thiazole rings is 1. The first-order valence-corrected chi connectivity index (χ1v) is 6.93. The van der Waals surface area contributed by atoms with Gasteiger partial charge in [0.25, 0.3) is 0 Å². The van der Waals surface area contributed by atoms with Crippen LogP contribution in [0.15, 0.2) is 18.2 Å². The molecule has 2 N–H and O–H groups in total. The quantitative estimate of drug-likeness (QED) is 0.901. The minimum absolute atomic E-state index is 0.0470. The Labute approximate surface area is 116 Å². The maximum Gasteiger partial charge on any atom is 0.127 e. The third kappa shape index (κ3) is 3.52. The van der Waals surface area contributed by atoms with E-state index in [1.165, 1.54) is 10.9 Å². The van der Waals surface area contributed by atoms with Crippen LogP contribution in [0.1, 0.15) is 34.1 Å². The van der Waals surface area contributed by atoms with Gasteiger partial charge < -0.3 is 10.4 Å². The third-order valence-corrected chi connectivity index (χ3v) is 4.14. The van der Waals surface area contributed by atoms with Gasteiger partial charge in [0, 0.05) is 23.5 Å². The molecule has 102 valence electrons. The van der Waals surface area contributed by atoms with Crippen molar-refractivity contribution < 1.29 is 9.50 Å². The second-order valence-corrected chi connectivity index (χ2v) is 5.84. The number of phenols is 1. The van der Waals surface area contributed by atoms with Crippen LogP contribution >= 0.6 is 11.3 Å². The lowest BCUT2D eigenvalue weighted by atomic mass is 10.2. The molecule has 0 radical (unpaired) electrons. The van der Waals surface area contributed by atoms with Crippen molar-refractivity contribution >= 4 is 11.3 Å². The van der Waals surface area contributed by atoms with Crippen LogP contribution < -0.4 is 5.32 Å². The molecule has 0 spiro atoms. The maximum atomic E-state index is 13.1. The smallest absolute Gasteiger partial charge is 0.127 e. The Hall–Kier alpha value is -1.46. The number of nitrogens with zero attached hydrogens (tertiary/aromatic N) is 1. The molecule has 1 aromatic carbocycles. The SMILES string of the molecule is Cc1nc(C)c(C(C)NCc2cc(O)cc(F)c2)s1. The molecule has 0 amide bonds. The lowest BCUT2D eigenvalue weighted by molar-refractivity contribution is 0.466. The van der Waals surface area contributed by atoms with Gasteiger partial charge in [0.1, 0.15) is 11.6 Å². The fraction of sp³-hybridized carbons (Fsp3) is 0.357. The molecule has 2 rings (SSSR count). The Balaban J connectivity index is 2.04. The summed E-state index contributed by atoms with van der Waals surface area (Å²) in [4.78, 5) is 5.59. The van der Waals surface area contributed by atoms with E-state index in [-0.39, 0.29) is 11.8 Å². The number of nitrogens with one attached hydrogen (secondary N) is 1. The average molecular weight is 280 g/mol. The van der Waals surface area contributed by atoms with Crippen molar-refractivity contribution in [1.29, 1.82) is 0 Å². The molecule has 2 aromatic rings. The molecule has 3 nitrogen and oxygen atoms in total. The number of aryl methyl sites for hydroxylation is 2. The normalized spacial score (nSPS) is 12.6. The van der Waals surface area contributed by atoms with Crippen LogP contribution in [0.2, 0.25) is 0 Å². The van der Waals surface area contributed by atoms with Crippen molar-refractivity contribution in [1.82, 2.24) is 10.3 Å². The third-order valence-electron chi connectivity index (χ3n) is 2.89. The highest BCUT2D eigenvalue weighted by atomic mass is 32.1. The van der Waals surface area contributed by atoms with Gasteiger partial charge in [0.05, 0.1) is 10.7 Å². The van der Waals surface area contributed by atoms with E-state index in [0.29, 0.717) is 6.54 Å². The van der Waals surface area contributed by atoms with Crippen molar-refractivity contribution in [2.24, 2.45) is 0 Å². The minimum atomic E-state index is -0.422. The zero-order valence-electron chi connectivity index (χ0n) is 11.2. The molecule has 0 aliphatic rings. The van der Waals surface area contributed by atoms with Crippen LogP contribution in [0.25, 0.3) is 0 Å². The van der Waals surface area contributed by atoms with Crippen LogP contribution in [0.5, 0.6) is 5.75 Å². The van der Waals surface area contributed by atoms with Crippen LogP contribution in [0.3, 0.4) is 0 Å². The van der Waals surface area contributed by atoms with Gasteiger partial charge in [-0.3, -0.25) is 0 Å². The first-order chi connectivity index (χ1) is 8.95. The molecule has 1 unspecified atom stereocenters. The second kappa shape index (κ2) is 5.67. The summed E-state index contributed by atoms with van der Waals surface area (Å²) in [6, 6.07) is 4.23. The lowest BCUT2D eigenvalue weighted by Gasteiger charge is -2.13. The van der Waals surface area contributed by atoms with E-state index in [2.05, 4.69) is 17.2 Å². The highest BCUT2D eigenvalue weighted by molar-refractivity contribution is 7.11. The summed E-state index contributed by atoms with van der Waals surface area (Å²) in [5, 5.41) is 13.7. The van der Waals surface area contributed by atoms with Gasteiger partial charge in [0.15, 0.2) is 0 Å². The van der Waals surface area contributed by atoms with Gasteiger partial charge in [-0.05, 0) is 38.5 Å². The van der Waals surface area contributed by atoms with Gasteiger partial charge in [-0.1, -0.05) is 0 Å². The zero-order valence-corrected chi connectivity index (χ0v) is 12.0. The molecule has 0 saturated heterocycles. The standard InChI is InChI=1S/C14H17FN2OS/c1-8(14-9(2)17-10(3)19-14)16-7-11-4-12(15)6-13(18)5-11/h4-6,8,16,18H,7H2,1-3H3. The van der Waals surface area contributed by atoms with Crippen molar-refractivity contribution in [3.63, 3.8) is 0 Å². The largest absolute Gasteiger partial charge is 0.508 e. The van der Waals surface area contributed by atoms with E-state index in [0.717, 1.165) is 22.3 Å². The van der Waals surface area contributed by atoms with Gasteiger partial charge in [-0.15, -0.1) is 11.3 Å². The summed E-state index contributed by atoms with van der Waals surface area (Å²) < 4.78 is 13.1. The summed E-state index contributed by atoms with van der Waals surface area (Å²) in [5.74, 6) is -0.469. The number of rotatable bonds is 4. The first-order valence-electron chi connectivity index (χ1n) is 6.11. The Kier molecular flexibility index (Phi) is 4.17. The molecule has 0 saturated carbocycles. The second-order valence-electron chi connectivity index (χ2n) is 4.60. The Morgan fingerprint density at radius 2 is 2.11 bits per heavy atom. The molecule has 0 aliphatic carbocycles. The summed E-state index contributed by atoms with van der Waals surface area (Å²) >= 11 is 1.67. The van der Waals surface area contributed by atoms with Crippen molar-refractivity contribution in [3.8, 4) is 5.75 Å². The van der Waals surface area contributed by atoms with Crippen molar-refractivity contribution in [3.05, 3.63) is 45.2 Å². The van der Waals surface area contributed by atoms with E-state index in [1.807, 2.05) is 13.8 Å². The van der Waals surface area contributed by atoms with Crippen LogP contribution in [0, 0.1) is 19.7 Å². The van der Waals surface area contributed by atoms with E-state index in [9.17, 15) is 9.50 Å². The molecular weight excluding hydrogens is 263 g/mol. The van der Waals surface area contributed by atoms with E-state index in [1.54, 1.807) is 17.4 Å². The molecule has 0 bridgehead atoms. The highest BCUT2D eigenvalue weighted by Gasteiger charge is 2.12. The summed E-state index contributed by atoms with van der Waals surface area (Å²) in [7, 11) is 0. The minimum Gasteiger partial charge on any atom is -0.508 e. The predicted octanol–water partition coefficient (Wildman–Crippen LogP) is 3.46. The zero-order chi connectivity index (χ0) is 14.0. The van der Waals surface area contributed by atoms with Gasteiger partial charge in [-0.25, -0.2) is 9.37 Å². The predicted molar refractivity (Wildman–Crippen MR) is 74.9 cm³/mol. The Morgan fingerprint density at radius 1 is 1.37 bits per heavy atom. The van der Waals surface area contributed by atoms with Gasteiger partial charge >= 0.3 is 0 Å². The van der Waals surface area contributed by atoms with E-state index >= 15 is 0 Å². The van der Waals surface area contributed by atoms with Crippen LogP contribution in [-0.2, 0) is 6.54 Å². The highest BCUT2D eigenvalue weighted by Crippen LogP contribution is 2.25. The number of aromatic nitrogens is 1. The summed E-state index contributed by atoms with van der Waals surface area (Å²) in [6.07, 6.45) is 0. The van der Waals surface area contributed by atoms with E-state index in [4.69, 9.17) is 0 Å². The monoisotopic (exact) mass is 280 g/mol. The molecule has 1 atom stereocenters.